The van der Waals surface area contributed by atoms with E-state index in [1.165, 1.54) is 28.1 Å². The van der Waals surface area contributed by atoms with Crippen molar-refractivity contribution >= 4 is 11.4 Å². The number of benzene rings is 2. The molecule has 0 bridgehead atoms. The van der Waals surface area contributed by atoms with Crippen LogP contribution in [0.1, 0.15) is 30.5 Å². The van der Waals surface area contributed by atoms with Crippen LogP contribution in [0.25, 0.3) is 0 Å². The second kappa shape index (κ2) is 6.77. The number of nitrogens with zero attached hydrogens (tertiary/aromatic N) is 1. The molecule has 0 saturated carbocycles. The maximum Gasteiger partial charge on any atom is 0.0453 e. The average Bonchev–Trinajstić information content (AvgIpc) is 2.45. The van der Waals surface area contributed by atoms with Gasteiger partial charge in [0.15, 0.2) is 0 Å². The molecular weight excluding hydrogens is 256 g/mol. The van der Waals surface area contributed by atoms with Gasteiger partial charge < -0.3 is 10.2 Å². The predicted molar refractivity (Wildman–Crippen MR) is 92.4 cm³/mol. The first kappa shape index (κ1) is 15.6. The number of anilines is 2. The summed E-state index contributed by atoms with van der Waals surface area (Å²) in [5, 5.41) is 3.51. The normalized spacial score (nSPS) is 11.0. The molecule has 2 heteroatoms. The van der Waals surface area contributed by atoms with Crippen molar-refractivity contribution < 1.29 is 0 Å². The van der Waals surface area contributed by atoms with Gasteiger partial charge in [0.05, 0.1) is 0 Å². The molecule has 2 nitrogen and oxygen atoms in total. The van der Waals surface area contributed by atoms with E-state index in [1.807, 2.05) is 0 Å². The summed E-state index contributed by atoms with van der Waals surface area (Å²) in [6.45, 7) is 9.56. The second-order valence-corrected chi connectivity index (χ2v) is 6.01. The largest absolute Gasteiger partial charge is 0.344 e. The van der Waals surface area contributed by atoms with Crippen molar-refractivity contribution in [3.05, 3.63) is 59.2 Å². The van der Waals surface area contributed by atoms with E-state index >= 15 is 0 Å². The Kier molecular flexibility index (Phi) is 5.03. The molecule has 112 valence electrons. The number of para-hydroxylation sites is 1. The molecule has 0 amide bonds. The van der Waals surface area contributed by atoms with Crippen LogP contribution in [0.4, 0.5) is 11.4 Å². The Morgan fingerprint density at radius 1 is 1.00 bits per heavy atom. The highest BCUT2D eigenvalue weighted by atomic mass is 15.1. The standard InChI is InChI=1S/C19H26N2/c1-14(2)20-13-17-8-6-7-9-19(17)21(5)18-11-10-15(3)12-16(18)4/h6-12,14,20H,13H2,1-5H3. The Morgan fingerprint density at radius 3 is 2.38 bits per heavy atom. The van der Waals surface area contributed by atoms with Crippen molar-refractivity contribution in [1.29, 1.82) is 0 Å². The lowest BCUT2D eigenvalue weighted by Crippen LogP contribution is -2.23. The van der Waals surface area contributed by atoms with E-state index in [0.717, 1.165) is 6.54 Å². The maximum absolute atomic E-state index is 3.51. The fraction of sp³-hybridized carbons (Fsp3) is 0.368. The van der Waals surface area contributed by atoms with Crippen LogP contribution in [0.15, 0.2) is 42.5 Å². The molecule has 0 unspecified atom stereocenters. The van der Waals surface area contributed by atoms with Crippen LogP contribution in [0, 0.1) is 13.8 Å². The van der Waals surface area contributed by atoms with E-state index < -0.39 is 0 Å². The summed E-state index contributed by atoms with van der Waals surface area (Å²) in [7, 11) is 2.14. The smallest absolute Gasteiger partial charge is 0.0453 e. The summed E-state index contributed by atoms with van der Waals surface area (Å²) in [5.74, 6) is 0. The monoisotopic (exact) mass is 282 g/mol. The molecule has 0 heterocycles. The van der Waals surface area contributed by atoms with Gasteiger partial charge in [-0.2, -0.15) is 0 Å². The zero-order valence-corrected chi connectivity index (χ0v) is 13.8. The molecule has 0 aliphatic heterocycles. The van der Waals surface area contributed by atoms with E-state index in [1.54, 1.807) is 0 Å². The van der Waals surface area contributed by atoms with Crippen LogP contribution in [-0.4, -0.2) is 13.1 Å². The lowest BCUT2D eigenvalue weighted by atomic mass is 10.1. The molecule has 0 spiro atoms. The molecule has 0 fully saturated rings. The highest BCUT2D eigenvalue weighted by Gasteiger charge is 2.11. The molecule has 0 aliphatic rings. The quantitative estimate of drug-likeness (QED) is 0.864. The average molecular weight is 282 g/mol. The minimum absolute atomic E-state index is 0.490. The van der Waals surface area contributed by atoms with E-state index in [0.29, 0.717) is 6.04 Å². The third kappa shape index (κ3) is 3.85. The first-order valence-corrected chi connectivity index (χ1v) is 7.61. The lowest BCUT2D eigenvalue weighted by molar-refractivity contribution is 0.589. The minimum Gasteiger partial charge on any atom is -0.344 e. The number of rotatable bonds is 5. The van der Waals surface area contributed by atoms with E-state index in [9.17, 15) is 0 Å². The first-order valence-electron chi connectivity index (χ1n) is 7.61. The Hall–Kier alpha value is -1.80. The number of hydrogen-bond donors (Lipinski definition) is 1. The number of nitrogens with one attached hydrogen (secondary N) is 1. The van der Waals surface area contributed by atoms with Crippen LogP contribution in [-0.2, 0) is 6.54 Å². The van der Waals surface area contributed by atoms with Crippen LogP contribution >= 0.6 is 0 Å². The molecule has 21 heavy (non-hydrogen) atoms. The molecule has 0 radical (unpaired) electrons. The van der Waals surface area contributed by atoms with Gasteiger partial charge in [0.25, 0.3) is 0 Å². The van der Waals surface area contributed by atoms with Crippen LogP contribution in [0.5, 0.6) is 0 Å². The zero-order chi connectivity index (χ0) is 15.4. The van der Waals surface area contributed by atoms with Gasteiger partial charge in [-0.15, -0.1) is 0 Å². The molecule has 2 aromatic rings. The van der Waals surface area contributed by atoms with Gasteiger partial charge in [0.2, 0.25) is 0 Å². The highest BCUT2D eigenvalue weighted by molar-refractivity contribution is 5.68. The first-order chi connectivity index (χ1) is 9.99. The van der Waals surface area contributed by atoms with Crippen molar-refractivity contribution in [2.24, 2.45) is 0 Å². The molecule has 0 aromatic heterocycles. The summed E-state index contributed by atoms with van der Waals surface area (Å²) >= 11 is 0. The van der Waals surface area contributed by atoms with Gasteiger partial charge in [0.1, 0.15) is 0 Å². The van der Waals surface area contributed by atoms with Crippen molar-refractivity contribution in [1.82, 2.24) is 5.32 Å². The van der Waals surface area contributed by atoms with Gasteiger partial charge in [0, 0.05) is 31.0 Å². The van der Waals surface area contributed by atoms with E-state index in [2.05, 4.69) is 87.4 Å². The second-order valence-electron chi connectivity index (χ2n) is 6.01. The summed E-state index contributed by atoms with van der Waals surface area (Å²) in [5.41, 5.74) is 6.47. The molecule has 1 N–H and O–H groups in total. The summed E-state index contributed by atoms with van der Waals surface area (Å²) in [6.07, 6.45) is 0. The van der Waals surface area contributed by atoms with Gasteiger partial charge in [-0.3, -0.25) is 0 Å². The third-order valence-corrected chi connectivity index (χ3v) is 3.77. The van der Waals surface area contributed by atoms with E-state index in [4.69, 9.17) is 0 Å². The fourth-order valence-electron chi connectivity index (χ4n) is 2.61. The van der Waals surface area contributed by atoms with Gasteiger partial charge in [-0.25, -0.2) is 0 Å². The highest BCUT2D eigenvalue weighted by Crippen LogP contribution is 2.29. The molecule has 2 rings (SSSR count). The van der Waals surface area contributed by atoms with Crippen molar-refractivity contribution in [3.63, 3.8) is 0 Å². The number of aryl methyl sites for hydroxylation is 2. The van der Waals surface area contributed by atoms with Crippen molar-refractivity contribution in [2.75, 3.05) is 11.9 Å². The predicted octanol–water partition coefficient (Wildman–Crippen LogP) is 4.57. The Labute approximate surface area is 128 Å². The van der Waals surface area contributed by atoms with Crippen molar-refractivity contribution in [2.45, 2.75) is 40.3 Å². The molecule has 0 saturated heterocycles. The topological polar surface area (TPSA) is 15.3 Å². The Morgan fingerprint density at radius 2 is 1.71 bits per heavy atom. The zero-order valence-electron chi connectivity index (χ0n) is 13.8. The summed E-state index contributed by atoms with van der Waals surface area (Å²) < 4.78 is 0. The summed E-state index contributed by atoms with van der Waals surface area (Å²) in [4.78, 5) is 2.28. The van der Waals surface area contributed by atoms with Crippen LogP contribution in [0.2, 0.25) is 0 Å². The Balaban J connectivity index is 2.32. The maximum atomic E-state index is 3.51. The molecular formula is C19H26N2. The SMILES string of the molecule is Cc1ccc(N(C)c2ccccc2CNC(C)C)c(C)c1. The van der Waals surface area contributed by atoms with Gasteiger partial charge >= 0.3 is 0 Å². The van der Waals surface area contributed by atoms with Crippen molar-refractivity contribution in [3.8, 4) is 0 Å². The molecule has 2 aromatic carbocycles. The van der Waals surface area contributed by atoms with Crippen LogP contribution in [0.3, 0.4) is 0 Å². The number of hydrogen-bond acceptors (Lipinski definition) is 2. The van der Waals surface area contributed by atoms with Gasteiger partial charge in [-0.05, 0) is 37.1 Å². The summed E-state index contributed by atoms with van der Waals surface area (Å²) in [6, 6.07) is 15.7. The fourth-order valence-corrected chi connectivity index (χ4v) is 2.61. The minimum atomic E-state index is 0.490. The third-order valence-electron chi connectivity index (χ3n) is 3.77. The molecule has 0 aliphatic carbocycles. The molecule has 0 atom stereocenters. The van der Waals surface area contributed by atoms with Crippen LogP contribution < -0.4 is 10.2 Å². The lowest BCUT2D eigenvalue weighted by Gasteiger charge is -2.25. The Bertz CT molecular complexity index is 602. The van der Waals surface area contributed by atoms with Gasteiger partial charge in [-0.1, -0.05) is 49.7 Å². The van der Waals surface area contributed by atoms with E-state index in [-0.39, 0.29) is 0 Å².